The van der Waals surface area contributed by atoms with E-state index in [-0.39, 0.29) is 29.3 Å². The second-order valence-electron chi connectivity index (χ2n) is 9.56. The van der Waals surface area contributed by atoms with Crippen LogP contribution in [0.1, 0.15) is 36.8 Å². The lowest BCUT2D eigenvalue weighted by Crippen LogP contribution is -2.67. The molecule has 0 heterocycles. The summed E-state index contributed by atoms with van der Waals surface area (Å²) in [6, 6.07) is 3.77. The quantitative estimate of drug-likeness (QED) is 0.421. The van der Waals surface area contributed by atoms with Crippen molar-refractivity contribution in [3.8, 4) is 5.75 Å². The summed E-state index contributed by atoms with van der Waals surface area (Å²) in [7, 11) is 1.72. The molecular weight excluding hydrogens is 428 g/mol. The number of carbonyl (C=O) groups is 3. The van der Waals surface area contributed by atoms with Crippen LogP contribution in [0.15, 0.2) is 35.1 Å². The van der Waals surface area contributed by atoms with Crippen LogP contribution >= 0.6 is 0 Å². The van der Waals surface area contributed by atoms with Crippen molar-refractivity contribution in [2.45, 2.75) is 49.8 Å². The van der Waals surface area contributed by atoms with Crippen molar-refractivity contribution in [2.24, 2.45) is 17.6 Å². The van der Waals surface area contributed by atoms with E-state index in [0.29, 0.717) is 12.0 Å². The second-order valence-corrected chi connectivity index (χ2v) is 9.56. The fourth-order valence-electron chi connectivity index (χ4n) is 6.08. The van der Waals surface area contributed by atoms with Gasteiger partial charge in [-0.2, -0.15) is 0 Å². The highest BCUT2D eigenvalue weighted by molar-refractivity contribution is 6.24. The minimum absolute atomic E-state index is 0.0436. The van der Waals surface area contributed by atoms with Crippen molar-refractivity contribution in [3.63, 3.8) is 0 Å². The summed E-state index contributed by atoms with van der Waals surface area (Å²) in [6.45, 7) is 0. The van der Waals surface area contributed by atoms with Crippen LogP contribution < -0.4 is 5.73 Å². The van der Waals surface area contributed by atoms with E-state index < -0.39 is 58.0 Å². The van der Waals surface area contributed by atoms with Crippen LogP contribution in [0.3, 0.4) is 0 Å². The number of Topliss-reactive ketones (excluding diaryl/α,β-unsaturated/α-hetero) is 2. The first kappa shape index (κ1) is 21.7. The second kappa shape index (κ2) is 7.16. The number of likely N-dealkylation sites (N-methyl/N-ethyl adjacent to an activating group) is 1. The average Bonchev–Trinajstić information content (AvgIpc) is 2.69. The molecule has 0 spiro atoms. The van der Waals surface area contributed by atoms with Gasteiger partial charge in [-0.1, -0.05) is 18.6 Å². The summed E-state index contributed by atoms with van der Waals surface area (Å²) in [4.78, 5) is 41.0. The first-order valence-electron chi connectivity index (χ1n) is 11.1. The number of primary amides is 1. The molecule has 5 rings (SSSR count). The summed E-state index contributed by atoms with van der Waals surface area (Å²) < 4.78 is 0. The van der Waals surface area contributed by atoms with Gasteiger partial charge in [0.15, 0.2) is 11.4 Å². The van der Waals surface area contributed by atoms with Gasteiger partial charge in [0.05, 0.1) is 11.6 Å². The van der Waals surface area contributed by atoms with Crippen LogP contribution in [0.2, 0.25) is 0 Å². The molecule has 1 aromatic carbocycles. The van der Waals surface area contributed by atoms with E-state index >= 15 is 0 Å². The van der Waals surface area contributed by atoms with E-state index in [1.165, 1.54) is 6.07 Å². The van der Waals surface area contributed by atoms with Crippen molar-refractivity contribution in [1.29, 1.82) is 0 Å². The largest absolute Gasteiger partial charge is 0.508 e. The lowest BCUT2D eigenvalue weighted by molar-refractivity contribution is -0.156. The van der Waals surface area contributed by atoms with Gasteiger partial charge in [0.1, 0.15) is 22.8 Å². The van der Waals surface area contributed by atoms with Gasteiger partial charge in [0.2, 0.25) is 5.78 Å². The minimum Gasteiger partial charge on any atom is -0.508 e. The van der Waals surface area contributed by atoms with Gasteiger partial charge >= 0.3 is 0 Å². The Morgan fingerprint density at radius 1 is 1.18 bits per heavy atom. The Kier molecular flexibility index (Phi) is 4.70. The Labute approximate surface area is 189 Å². The lowest BCUT2D eigenvalue weighted by atomic mass is 9.57. The molecule has 0 radical (unpaired) electrons. The number of rotatable bonds is 3. The van der Waals surface area contributed by atoms with Crippen LogP contribution in [0, 0.1) is 11.8 Å². The summed E-state index contributed by atoms with van der Waals surface area (Å²) in [5.74, 6) is -6.22. The van der Waals surface area contributed by atoms with Gasteiger partial charge in [-0.15, -0.1) is 0 Å². The monoisotopic (exact) mass is 454 g/mol. The zero-order valence-electron chi connectivity index (χ0n) is 18.1. The van der Waals surface area contributed by atoms with Gasteiger partial charge in [-0.25, -0.2) is 0 Å². The maximum absolute atomic E-state index is 13.7. The molecule has 174 valence electrons. The number of carbonyl (C=O) groups excluding carboxylic acids is 3. The van der Waals surface area contributed by atoms with E-state index in [0.717, 1.165) is 19.3 Å². The molecule has 9 heteroatoms. The van der Waals surface area contributed by atoms with E-state index in [9.17, 15) is 34.8 Å². The average molecular weight is 454 g/mol. The molecule has 0 aromatic heterocycles. The molecule has 0 bridgehead atoms. The van der Waals surface area contributed by atoms with Gasteiger partial charge in [-0.3, -0.25) is 19.3 Å². The molecule has 1 amide bonds. The molecule has 4 aliphatic rings. The van der Waals surface area contributed by atoms with Crippen molar-refractivity contribution < 1.29 is 34.8 Å². The molecule has 9 nitrogen and oxygen atoms in total. The predicted octanol–water partition coefficient (Wildman–Crippen LogP) is 0.887. The van der Waals surface area contributed by atoms with Crippen molar-refractivity contribution in [3.05, 3.63) is 46.2 Å². The summed E-state index contributed by atoms with van der Waals surface area (Å²) in [6.07, 6.45) is 3.08. The van der Waals surface area contributed by atoms with Crippen LogP contribution in [-0.4, -0.2) is 67.5 Å². The highest BCUT2D eigenvalue weighted by Gasteiger charge is 2.64. The number of hydrogen-bond donors (Lipinski definition) is 5. The van der Waals surface area contributed by atoms with E-state index in [1.807, 2.05) is 0 Å². The number of phenols is 1. The number of nitrogens with zero attached hydrogens (tertiary/aromatic N) is 1. The maximum atomic E-state index is 13.7. The van der Waals surface area contributed by atoms with Crippen molar-refractivity contribution >= 4 is 23.2 Å². The molecule has 4 atom stereocenters. The van der Waals surface area contributed by atoms with Crippen LogP contribution in [0.5, 0.6) is 5.75 Å². The van der Waals surface area contributed by atoms with Gasteiger partial charge < -0.3 is 26.2 Å². The van der Waals surface area contributed by atoms with E-state index in [1.54, 1.807) is 24.1 Å². The van der Waals surface area contributed by atoms with Crippen LogP contribution in [-0.2, 0) is 20.8 Å². The fourth-order valence-corrected chi connectivity index (χ4v) is 6.08. The van der Waals surface area contributed by atoms with Crippen molar-refractivity contribution in [1.82, 2.24) is 4.90 Å². The highest BCUT2D eigenvalue weighted by atomic mass is 16.3. The Bertz CT molecular complexity index is 1170. The SMILES string of the molecule is CN(C1CCC1)[C@H]1C(=O)C(C(N)=O)=C(O)[C@@]2(O)C(=O)C3=C(O)c4c(O)cccc4C[C@H]3C[C@@H]12. The topological polar surface area (TPSA) is 161 Å². The number of amides is 1. The Hall–Kier alpha value is -3.17. The summed E-state index contributed by atoms with van der Waals surface area (Å²) >= 11 is 0. The Balaban J connectivity index is 1.71. The Morgan fingerprint density at radius 2 is 1.88 bits per heavy atom. The number of fused-ring (bicyclic) bond motifs is 3. The molecule has 2 saturated carbocycles. The van der Waals surface area contributed by atoms with Gasteiger partial charge in [0.25, 0.3) is 5.91 Å². The fraction of sp³-hybridized carbons (Fsp3) is 0.458. The van der Waals surface area contributed by atoms with Crippen LogP contribution in [0.25, 0.3) is 5.76 Å². The van der Waals surface area contributed by atoms with E-state index in [2.05, 4.69) is 0 Å². The third-order valence-electron chi connectivity index (χ3n) is 7.99. The molecule has 6 N–H and O–H groups in total. The first-order chi connectivity index (χ1) is 15.6. The molecule has 1 aromatic rings. The number of benzene rings is 1. The van der Waals surface area contributed by atoms with Gasteiger partial charge in [0, 0.05) is 17.5 Å². The lowest BCUT2D eigenvalue weighted by Gasteiger charge is -2.52. The predicted molar refractivity (Wildman–Crippen MR) is 116 cm³/mol. The number of hydrogen-bond acceptors (Lipinski definition) is 8. The van der Waals surface area contributed by atoms with Crippen molar-refractivity contribution in [2.75, 3.05) is 7.05 Å². The third kappa shape index (κ3) is 2.75. The molecule has 2 fully saturated rings. The zero-order valence-corrected chi connectivity index (χ0v) is 18.1. The number of phenolic OH excluding ortho intramolecular Hbond substituents is 1. The molecule has 33 heavy (non-hydrogen) atoms. The number of nitrogens with two attached hydrogens (primary N) is 1. The molecule has 0 saturated heterocycles. The standard InChI is InChI=1S/C24H26N2O7/c1-26(12-5-3-6-12)18-13-9-11-8-10-4-2-7-14(27)15(10)19(28)16(11)21(30)24(13,33)22(31)17(20(18)29)23(25)32/h2,4,7,11-13,18,27-28,31,33H,3,5-6,8-9H2,1H3,(H2,25,32)/t11-,13-,18+,24-/m0/s1. The zero-order chi connectivity index (χ0) is 23.8. The number of aromatic hydroxyl groups is 1. The number of aliphatic hydroxyl groups excluding tert-OH is 2. The molecular formula is C24H26N2O7. The molecule has 0 unspecified atom stereocenters. The smallest absolute Gasteiger partial charge is 0.255 e. The highest BCUT2D eigenvalue weighted by Crippen LogP contribution is 2.53. The number of aliphatic hydroxyl groups is 3. The van der Waals surface area contributed by atoms with Gasteiger partial charge in [-0.05, 0) is 50.3 Å². The maximum Gasteiger partial charge on any atom is 0.255 e. The Morgan fingerprint density at radius 3 is 2.48 bits per heavy atom. The summed E-state index contributed by atoms with van der Waals surface area (Å²) in [5, 5.41) is 43.8. The summed E-state index contributed by atoms with van der Waals surface area (Å²) in [5.41, 5.74) is 2.63. The van der Waals surface area contributed by atoms with E-state index in [4.69, 9.17) is 5.73 Å². The normalized spacial score (nSPS) is 31.8. The minimum atomic E-state index is -2.59. The molecule has 4 aliphatic carbocycles. The number of ketones is 2. The third-order valence-corrected chi connectivity index (χ3v) is 7.99. The molecule has 0 aliphatic heterocycles. The first-order valence-corrected chi connectivity index (χ1v) is 11.1. The van der Waals surface area contributed by atoms with Crippen LogP contribution in [0.4, 0.5) is 0 Å².